The van der Waals surface area contributed by atoms with Crippen molar-refractivity contribution in [1.82, 2.24) is 4.57 Å². The van der Waals surface area contributed by atoms with Gasteiger partial charge in [-0.05, 0) is 48.9 Å². The van der Waals surface area contributed by atoms with Crippen LogP contribution in [0.5, 0.6) is 5.75 Å². The van der Waals surface area contributed by atoms with E-state index in [2.05, 4.69) is 10.2 Å². The molecule has 0 radical (unpaired) electrons. The van der Waals surface area contributed by atoms with E-state index >= 15 is 0 Å². The van der Waals surface area contributed by atoms with E-state index in [1.54, 1.807) is 11.3 Å². The second kappa shape index (κ2) is 8.64. The molecule has 27 heavy (non-hydrogen) atoms. The molecule has 3 aromatic rings. The van der Waals surface area contributed by atoms with E-state index in [-0.39, 0.29) is 6.42 Å². The maximum atomic E-state index is 11.0. The fourth-order valence-corrected chi connectivity index (χ4v) is 3.64. The zero-order valence-electron chi connectivity index (χ0n) is 15.3. The van der Waals surface area contributed by atoms with Gasteiger partial charge in [0.15, 0.2) is 0 Å². The molecule has 3 rings (SSSR count). The van der Waals surface area contributed by atoms with E-state index in [1.165, 1.54) is 0 Å². The van der Waals surface area contributed by atoms with Crippen molar-refractivity contribution in [2.75, 3.05) is 6.61 Å². The number of nitrogens with zero attached hydrogens (tertiary/aromatic N) is 3. The number of thiazole rings is 1. The first-order valence-corrected chi connectivity index (χ1v) is 9.50. The molecule has 1 heterocycles. The lowest BCUT2D eigenvalue weighted by atomic mass is 10.1. The lowest BCUT2D eigenvalue weighted by Gasteiger charge is -2.06. The number of carboxylic acids is 1. The molecule has 2 aromatic carbocycles. The molecule has 0 saturated carbocycles. The van der Waals surface area contributed by atoms with Crippen LogP contribution in [0.3, 0.4) is 0 Å². The molecule has 0 amide bonds. The molecule has 0 bridgehead atoms. The molecule has 6 nitrogen and oxygen atoms in total. The van der Waals surface area contributed by atoms with Crippen LogP contribution in [0.4, 0.5) is 0 Å². The Kier molecular flexibility index (Phi) is 6.03. The third-order valence-corrected chi connectivity index (χ3v) is 5.15. The zero-order chi connectivity index (χ0) is 19.2. The fourth-order valence-electron chi connectivity index (χ4n) is 2.67. The number of carboxylic acid groups (broad SMARTS) is 1. The van der Waals surface area contributed by atoms with Crippen LogP contribution in [0.1, 0.15) is 25.3 Å². The number of fused-ring (bicyclic) bond motifs is 1. The van der Waals surface area contributed by atoms with Gasteiger partial charge in [0.2, 0.25) is 4.80 Å². The summed E-state index contributed by atoms with van der Waals surface area (Å²) in [4.78, 5) is 11.8. The third kappa shape index (κ3) is 4.62. The molecule has 0 atom stereocenters. The topological polar surface area (TPSA) is 76.2 Å². The normalized spacial score (nSPS) is 12.5. The molecule has 1 aromatic heterocycles. The lowest BCUT2D eigenvalue weighted by Crippen LogP contribution is -2.10. The number of carbonyl (C=O) groups is 1. The van der Waals surface area contributed by atoms with E-state index in [0.717, 1.165) is 26.3 Å². The number of benzene rings is 2. The Balaban J connectivity index is 1.98. The number of aliphatic carboxylic acids is 1. The van der Waals surface area contributed by atoms with E-state index in [9.17, 15) is 4.79 Å². The number of hydrogen-bond donors (Lipinski definition) is 1. The van der Waals surface area contributed by atoms with Crippen molar-refractivity contribution in [1.29, 1.82) is 0 Å². The molecular weight excluding hydrogens is 362 g/mol. The van der Waals surface area contributed by atoms with E-state index < -0.39 is 5.97 Å². The summed E-state index contributed by atoms with van der Waals surface area (Å²) in [6.45, 7) is 2.52. The van der Waals surface area contributed by atoms with Crippen LogP contribution in [-0.2, 0) is 11.8 Å². The molecule has 7 heteroatoms. The first-order valence-electron chi connectivity index (χ1n) is 8.68. The van der Waals surface area contributed by atoms with Crippen LogP contribution in [0.2, 0.25) is 0 Å². The number of para-hydroxylation sites is 1. The molecule has 140 valence electrons. The number of aromatic nitrogens is 1. The first kappa shape index (κ1) is 18.8. The van der Waals surface area contributed by atoms with Crippen LogP contribution in [0.15, 0.2) is 58.7 Å². The highest BCUT2D eigenvalue weighted by Gasteiger charge is 2.08. The van der Waals surface area contributed by atoms with Crippen LogP contribution < -0.4 is 9.54 Å². The van der Waals surface area contributed by atoms with Gasteiger partial charge < -0.3 is 14.4 Å². The van der Waals surface area contributed by atoms with Gasteiger partial charge in [-0.2, -0.15) is 5.10 Å². The smallest absolute Gasteiger partial charge is 0.303 e. The summed E-state index contributed by atoms with van der Waals surface area (Å²) in [5.41, 5.74) is 2.56. The van der Waals surface area contributed by atoms with Crippen LogP contribution >= 0.6 is 11.3 Å². The van der Waals surface area contributed by atoms with E-state index in [4.69, 9.17) is 9.84 Å². The molecule has 1 N–H and O–H groups in total. The summed E-state index contributed by atoms with van der Waals surface area (Å²) in [6, 6.07) is 15.5. The van der Waals surface area contributed by atoms with E-state index in [0.29, 0.717) is 18.7 Å². The maximum absolute atomic E-state index is 11.0. The van der Waals surface area contributed by atoms with Crippen molar-refractivity contribution in [3.05, 3.63) is 58.9 Å². The fraction of sp³-hybridized carbons (Fsp3) is 0.250. The minimum atomic E-state index is -0.860. The summed E-state index contributed by atoms with van der Waals surface area (Å²) in [6.07, 6.45) is 0.307. The van der Waals surface area contributed by atoms with E-state index in [1.807, 2.05) is 67.1 Å². The van der Waals surface area contributed by atoms with Crippen molar-refractivity contribution < 1.29 is 14.6 Å². The second-order valence-electron chi connectivity index (χ2n) is 5.91. The number of hydrogen-bond acceptors (Lipinski definition) is 5. The Labute approximate surface area is 161 Å². The molecular formula is C20H21N3O3S. The molecule has 0 spiro atoms. The molecule has 0 aliphatic rings. The van der Waals surface area contributed by atoms with Gasteiger partial charge in [-0.3, -0.25) is 4.79 Å². The minimum Gasteiger partial charge on any atom is -0.494 e. The van der Waals surface area contributed by atoms with Gasteiger partial charge in [0, 0.05) is 13.5 Å². The average molecular weight is 383 g/mol. The highest BCUT2D eigenvalue weighted by molar-refractivity contribution is 7.16. The van der Waals surface area contributed by atoms with Gasteiger partial charge in [0.05, 0.1) is 29.0 Å². The summed E-state index contributed by atoms with van der Waals surface area (Å²) in [5.74, 6) is -0.0901. The van der Waals surface area contributed by atoms with Gasteiger partial charge in [0.1, 0.15) is 5.75 Å². The predicted molar refractivity (Wildman–Crippen MR) is 107 cm³/mol. The van der Waals surface area contributed by atoms with Crippen LogP contribution in [0.25, 0.3) is 10.2 Å². The Bertz CT molecular complexity index is 1030. The Morgan fingerprint density at radius 1 is 1.15 bits per heavy atom. The Morgan fingerprint density at radius 2 is 1.89 bits per heavy atom. The first-order chi connectivity index (χ1) is 13.1. The summed E-state index contributed by atoms with van der Waals surface area (Å²) in [5, 5.41) is 17.8. The SMILES string of the molecule is CCOc1ccc(/C(CCC(=O)O)=N/N=c2sc3ccccc3n2C)cc1. The van der Waals surface area contributed by atoms with Crippen molar-refractivity contribution in [3.8, 4) is 5.75 Å². The molecule has 0 saturated heterocycles. The quantitative estimate of drug-likeness (QED) is 0.498. The van der Waals surface area contributed by atoms with Gasteiger partial charge in [-0.1, -0.05) is 23.5 Å². The average Bonchev–Trinajstić information content (AvgIpc) is 2.99. The number of ether oxygens (including phenoxy) is 1. The highest BCUT2D eigenvalue weighted by Crippen LogP contribution is 2.17. The van der Waals surface area contributed by atoms with Crippen LogP contribution in [-0.4, -0.2) is 28.0 Å². The number of rotatable bonds is 7. The van der Waals surface area contributed by atoms with Gasteiger partial charge in [-0.25, -0.2) is 0 Å². The molecule has 0 unspecified atom stereocenters. The van der Waals surface area contributed by atoms with Gasteiger partial charge in [0.25, 0.3) is 0 Å². The summed E-state index contributed by atoms with van der Waals surface area (Å²) >= 11 is 1.55. The predicted octanol–water partition coefficient (Wildman–Crippen LogP) is 3.81. The lowest BCUT2D eigenvalue weighted by molar-refractivity contribution is -0.136. The highest BCUT2D eigenvalue weighted by atomic mass is 32.1. The largest absolute Gasteiger partial charge is 0.494 e. The van der Waals surface area contributed by atoms with Crippen molar-refractivity contribution in [3.63, 3.8) is 0 Å². The summed E-state index contributed by atoms with van der Waals surface area (Å²) in [7, 11) is 1.95. The van der Waals surface area contributed by atoms with Crippen LogP contribution in [0, 0.1) is 0 Å². The van der Waals surface area contributed by atoms with Gasteiger partial charge in [-0.15, -0.1) is 5.10 Å². The minimum absolute atomic E-state index is 0.000105. The maximum Gasteiger partial charge on any atom is 0.303 e. The van der Waals surface area contributed by atoms with Crippen molar-refractivity contribution >= 4 is 33.2 Å². The molecule has 0 aliphatic carbocycles. The second-order valence-corrected chi connectivity index (χ2v) is 6.92. The van der Waals surface area contributed by atoms with Crippen molar-refractivity contribution in [2.45, 2.75) is 19.8 Å². The Hall–Kier alpha value is -2.93. The van der Waals surface area contributed by atoms with Gasteiger partial charge >= 0.3 is 5.97 Å². The molecule has 0 aliphatic heterocycles. The molecule has 0 fully saturated rings. The summed E-state index contributed by atoms with van der Waals surface area (Å²) < 4.78 is 8.57. The third-order valence-electron chi connectivity index (χ3n) is 4.05. The zero-order valence-corrected chi connectivity index (χ0v) is 16.1. The monoisotopic (exact) mass is 383 g/mol. The standard InChI is InChI=1S/C20H21N3O3S/c1-3-26-15-10-8-14(9-11-15)16(12-13-19(24)25)21-22-20-23(2)17-6-4-5-7-18(17)27-20/h4-11H,3,12-13H2,1-2H3,(H,24,25)/b21-16+,22-20?. The Morgan fingerprint density at radius 3 is 2.56 bits per heavy atom. The van der Waals surface area contributed by atoms with Crippen molar-refractivity contribution in [2.24, 2.45) is 17.3 Å². The number of aryl methyl sites for hydroxylation is 1.